The summed E-state index contributed by atoms with van der Waals surface area (Å²) in [6, 6.07) is 0. The van der Waals surface area contributed by atoms with Gasteiger partial charge in [-0.1, -0.05) is 13.3 Å². The van der Waals surface area contributed by atoms with E-state index in [9.17, 15) is 9.59 Å². The molecule has 1 amide bonds. The second kappa shape index (κ2) is 7.70. The fraction of sp³-hybridized carbons (Fsp3) is 0.562. The lowest BCUT2D eigenvalue weighted by Gasteiger charge is -2.19. The van der Waals surface area contributed by atoms with E-state index >= 15 is 0 Å². The van der Waals surface area contributed by atoms with Crippen molar-refractivity contribution in [3.8, 4) is 0 Å². The van der Waals surface area contributed by atoms with Crippen LogP contribution in [-0.4, -0.2) is 45.2 Å². The fourth-order valence-electron chi connectivity index (χ4n) is 2.52. The average Bonchev–Trinajstić information content (AvgIpc) is 2.89. The van der Waals surface area contributed by atoms with Crippen molar-refractivity contribution in [1.29, 1.82) is 0 Å². The molecule has 0 aliphatic heterocycles. The molecule has 126 valence electrons. The number of aliphatic hydroxyl groups is 1. The van der Waals surface area contributed by atoms with Gasteiger partial charge in [0.15, 0.2) is 0 Å². The molecule has 0 radical (unpaired) electrons. The third-order valence-corrected chi connectivity index (χ3v) is 5.09. The number of hydrogen-bond donors (Lipinski definition) is 1. The van der Waals surface area contributed by atoms with Crippen molar-refractivity contribution in [3.05, 3.63) is 27.1 Å². The zero-order chi connectivity index (χ0) is 17.0. The molecular weight excluding hydrogens is 314 g/mol. The fourth-order valence-corrected chi connectivity index (χ4v) is 3.63. The molecule has 2 aromatic heterocycles. The van der Waals surface area contributed by atoms with Crippen molar-refractivity contribution in [3.63, 3.8) is 0 Å². The topological polar surface area (TPSA) is 75.4 Å². The molecule has 0 bridgehead atoms. The summed E-state index contributed by atoms with van der Waals surface area (Å²) >= 11 is 1.25. The highest BCUT2D eigenvalue weighted by atomic mass is 32.1. The molecule has 7 heteroatoms. The Morgan fingerprint density at radius 2 is 2.17 bits per heavy atom. The van der Waals surface area contributed by atoms with Gasteiger partial charge >= 0.3 is 0 Å². The molecule has 23 heavy (non-hydrogen) atoms. The lowest BCUT2D eigenvalue weighted by molar-refractivity contribution is 0.0736. The predicted molar refractivity (Wildman–Crippen MR) is 92.2 cm³/mol. The van der Waals surface area contributed by atoms with E-state index in [0.717, 1.165) is 12.8 Å². The first-order valence-electron chi connectivity index (χ1n) is 7.93. The number of unbranched alkanes of at least 4 members (excludes halogenated alkanes) is 1. The largest absolute Gasteiger partial charge is 0.395 e. The first kappa shape index (κ1) is 17.6. The third-order valence-electron chi connectivity index (χ3n) is 3.90. The number of carbonyl (C=O) groups excluding carboxylic acids is 1. The molecule has 0 unspecified atom stereocenters. The molecule has 0 saturated heterocycles. The molecule has 0 aliphatic carbocycles. The van der Waals surface area contributed by atoms with Gasteiger partial charge in [-0.05, 0) is 25.8 Å². The number of fused-ring (bicyclic) bond motifs is 1. The van der Waals surface area contributed by atoms with Crippen molar-refractivity contribution >= 4 is 27.5 Å². The monoisotopic (exact) mass is 337 g/mol. The zero-order valence-corrected chi connectivity index (χ0v) is 14.7. The number of likely N-dealkylation sites (N-methyl/N-ethyl adjacent to an activating group) is 1. The smallest absolute Gasteiger partial charge is 0.264 e. The summed E-state index contributed by atoms with van der Waals surface area (Å²) in [5.74, 6) is -0.151. The van der Waals surface area contributed by atoms with Crippen LogP contribution in [0, 0.1) is 6.92 Å². The van der Waals surface area contributed by atoms with Gasteiger partial charge in [-0.3, -0.25) is 14.2 Å². The average molecular weight is 337 g/mol. The summed E-state index contributed by atoms with van der Waals surface area (Å²) in [5.41, 5.74) is 0.608. The number of thiophene rings is 1. The summed E-state index contributed by atoms with van der Waals surface area (Å²) < 4.78 is 1.62. The van der Waals surface area contributed by atoms with Crippen LogP contribution in [0.1, 0.15) is 41.9 Å². The highest BCUT2D eigenvalue weighted by Crippen LogP contribution is 2.28. The number of aliphatic hydroxyl groups excluding tert-OH is 1. The van der Waals surface area contributed by atoms with Crippen molar-refractivity contribution < 1.29 is 9.90 Å². The van der Waals surface area contributed by atoms with Crippen LogP contribution in [0.2, 0.25) is 0 Å². The minimum absolute atomic E-state index is 0.0778. The highest BCUT2D eigenvalue weighted by Gasteiger charge is 2.22. The molecule has 0 spiro atoms. The molecule has 2 heterocycles. The van der Waals surface area contributed by atoms with E-state index in [2.05, 4.69) is 11.9 Å². The van der Waals surface area contributed by atoms with Crippen molar-refractivity contribution in [2.75, 3.05) is 19.7 Å². The maximum atomic E-state index is 12.6. The second-order valence-electron chi connectivity index (χ2n) is 5.44. The van der Waals surface area contributed by atoms with E-state index in [1.54, 1.807) is 22.7 Å². The molecule has 2 rings (SSSR count). The lowest BCUT2D eigenvalue weighted by Crippen LogP contribution is -2.33. The van der Waals surface area contributed by atoms with Crippen LogP contribution >= 0.6 is 11.3 Å². The summed E-state index contributed by atoms with van der Waals surface area (Å²) in [4.78, 5) is 32.3. The number of nitrogens with zero attached hydrogens (tertiary/aromatic N) is 3. The van der Waals surface area contributed by atoms with Crippen molar-refractivity contribution in [1.82, 2.24) is 14.5 Å². The number of rotatable bonds is 7. The van der Waals surface area contributed by atoms with Gasteiger partial charge < -0.3 is 10.0 Å². The molecular formula is C16H23N3O3S. The molecule has 6 nitrogen and oxygen atoms in total. The molecule has 0 aromatic carbocycles. The van der Waals surface area contributed by atoms with Crippen LogP contribution in [0.25, 0.3) is 10.2 Å². The number of hydrogen-bond acceptors (Lipinski definition) is 5. The van der Waals surface area contributed by atoms with E-state index in [-0.39, 0.29) is 24.6 Å². The number of aromatic nitrogens is 2. The molecule has 0 atom stereocenters. The van der Waals surface area contributed by atoms with Gasteiger partial charge in [-0.2, -0.15) is 0 Å². The summed E-state index contributed by atoms with van der Waals surface area (Å²) in [7, 11) is 0. The van der Waals surface area contributed by atoms with Crippen LogP contribution in [0.3, 0.4) is 0 Å². The summed E-state index contributed by atoms with van der Waals surface area (Å²) in [5, 5.41) is 9.62. The van der Waals surface area contributed by atoms with Gasteiger partial charge in [-0.15, -0.1) is 11.3 Å². The molecule has 0 aliphatic rings. The highest BCUT2D eigenvalue weighted by molar-refractivity contribution is 7.20. The maximum absolute atomic E-state index is 12.6. The Morgan fingerprint density at radius 1 is 1.43 bits per heavy atom. The van der Waals surface area contributed by atoms with Crippen LogP contribution < -0.4 is 5.56 Å². The van der Waals surface area contributed by atoms with Crippen molar-refractivity contribution in [2.24, 2.45) is 0 Å². The van der Waals surface area contributed by atoms with Crippen LogP contribution in [0.4, 0.5) is 0 Å². The maximum Gasteiger partial charge on any atom is 0.264 e. The zero-order valence-electron chi connectivity index (χ0n) is 13.8. The summed E-state index contributed by atoms with van der Waals surface area (Å²) in [6.07, 6.45) is 3.49. The first-order chi connectivity index (χ1) is 11.0. The second-order valence-corrected chi connectivity index (χ2v) is 6.44. The van der Waals surface area contributed by atoms with Gasteiger partial charge in [0.05, 0.1) is 23.2 Å². The van der Waals surface area contributed by atoms with Crippen LogP contribution in [-0.2, 0) is 6.54 Å². The Bertz CT molecular complexity index is 751. The van der Waals surface area contributed by atoms with E-state index in [1.807, 2.05) is 6.92 Å². The Morgan fingerprint density at radius 3 is 2.78 bits per heavy atom. The van der Waals surface area contributed by atoms with E-state index in [1.165, 1.54) is 11.3 Å². The van der Waals surface area contributed by atoms with Gasteiger partial charge in [0, 0.05) is 19.6 Å². The molecule has 0 fully saturated rings. The first-order valence-corrected chi connectivity index (χ1v) is 8.75. The lowest BCUT2D eigenvalue weighted by atomic mass is 10.2. The Balaban J connectivity index is 2.48. The minimum atomic E-state index is -0.151. The molecule has 2 aromatic rings. The number of amides is 1. The molecule has 1 N–H and O–H groups in total. The normalized spacial score (nSPS) is 11.1. The third kappa shape index (κ3) is 3.45. The van der Waals surface area contributed by atoms with Gasteiger partial charge in [0.2, 0.25) is 0 Å². The Labute approximate surface area is 139 Å². The van der Waals surface area contributed by atoms with E-state index in [0.29, 0.717) is 33.7 Å². The van der Waals surface area contributed by atoms with Crippen LogP contribution in [0.5, 0.6) is 0 Å². The van der Waals surface area contributed by atoms with E-state index in [4.69, 9.17) is 5.11 Å². The Hall–Kier alpha value is -1.73. The van der Waals surface area contributed by atoms with Crippen LogP contribution in [0.15, 0.2) is 11.1 Å². The van der Waals surface area contributed by atoms with Gasteiger partial charge in [-0.25, -0.2) is 4.98 Å². The standard InChI is InChI=1S/C16H23N3O3S/c1-4-6-7-19-10-17-14-12(15(19)21)11(3)13(23-14)16(22)18(5-2)8-9-20/h10,20H,4-9H2,1-3H3. The quantitative estimate of drug-likeness (QED) is 0.839. The number of aryl methyl sites for hydroxylation is 2. The van der Waals surface area contributed by atoms with Crippen molar-refractivity contribution in [2.45, 2.75) is 40.2 Å². The van der Waals surface area contributed by atoms with E-state index < -0.39 is 0 Å². The number of carbonyl (C=O) groups is 1. The van der Waals surface area contributed by atoms with Gasteiger partial charge in [0.25, 0.3) is 11.5 Å². The summed E-state index contributed by atoms with van der Waals surface area (Å²) in [6.45, 7) is 7.11. The predicted octanol–water partition coefficient (Wildman–Crippen LogP) is 2.02. The minimum Gasteiger partial charge on any atom is -0.395 e. The van der Waals surface area contributed by atoms with Gasteiger partial charge in [0.1, 0.15) is 4.83 Å². The Kier molecular flexibility index (Phi) is 5.90. The SMILES string of the molecule is CCCCn1cnc2sc(C(=O)N(CC)CCO)c(C)c2c1=O. The molecule has 0 saturated carbocycles.